The van der Waals surface area contributed by atoms with Gasteiger partial charge in [-0.2, -0.15) is 0 Å². The molecule has 1 aromatic carbocycles. The van der Waals surface area contributed by atoms with E-state index in [0.29, 0.717) is 18.9 Å². The first kappa shape index (κ1) is 16.3. The summed E-state index contributed by atoms with van der Waals surface area (Å²) in [5.74, 6) is 1.95. The molecule has 1 rings (SSSR count). The summed E-state index contributed by atoms with van der Waals surface area (Å²) in [6, 6.07) is 3.94. The number of aryl methyl sites for hydroxylation is 1. The number of carbonyl (C=O) groups is 1. The molecule has 0 bridgehead atoms. The number of methoxy groups -OCH3 is 2. The van der Waals surface area contributed by atoms with E-state index < -0.39 is 0 Å². The third kappa shape index (κ3) is 4.76. The molecule has 0 aliphatic rings. The van der Waals surface area contributed by atoms with Crippen LogP contribution < -0.4 is 14.8 Å². The minimum absolute atomic E-state index is 0.109. The highest BCUT2D eigenvalue weighted by Gasteiger charge is 2.09. The predicted octanol–water partition coefficient (Wildman–Crippen LogP) is 2.72. The highest BCUT2D eigenvalue weighted by molar-refractivity contribution is 5.76. The lowest BCUT2D eigenvalue weighted by molar-refractivity contribution is -0.121. The molecule has 4 heteroatoms. The van der Waals surface area contributed by atoms with Gasteiger partial charge < -0.3 is 14.8 Å². The summed E-state index contributed by atoms with van der Waals surface area (Å²) in [7, 11) is 3.25. The quantitative estimate of drug-likeness (QED) is 0.835. The van der Waals surface area contributed by atoms with Crippen LogP contribution in [-0.4, -0.2) is 26.7 Å². The van der Waals surface area contributed by atoms with Crippen LogP contribution in [-0.2, 0) is 11.2 Å². The molecule has 0 aromatic heterocycles. The van der Waals surface area contributed by atoms with Crippen molar-refractivity contribution in [2.45, 2.75) is 33.6 Å². The summed E-state index contributed by atoms with van der Waals surface area (Å²) < 4.78 is 10.6. The van der Waals surface area contributed by atoms with E-state index in [4.69, 9.17) is 9.47 Å². The maximum Gasteiger partial charge on any atom is 0.220 e. The Hall–Kier alpha value is -1.71. The lowest BCUT2D eigenvalue weighted by Crippen LogP contribution is -2.26. The van der Waals surface area contributed by atoms with Gasteiger partial charge in [-0.3, -0.25) is 4.79 Å². The monoisotopic (exact) mass is 279 g/mol. The maximum atomic E-state index is 11.6. The molecule has 20 heavy (non-hydrogen) atoms. The van der Waals surface area contributed by atoms with E-state index in [2.05, 4.69) is 5.32 Å². The van der Waals surface area contributed by atoms with Gasteiger partial charge in [0.1, 0.15) is 0 Å². The molecule has 1 amide bonds. The average molecular weight is 279 g/mol. The Kier molecular flexibility index (Phi) is 6.36. The zero-order chi connectivity index (χ0) is 15.1. The molecule has 0 spiro atoms. The SMILES string of the molecule is COc1cc(C)c(CCNC(=O)CC(C)C)cc1OC. The van der Waals surface area contributed by atoms with E-state index in [1.54, 1.807) is 14.2 Å². The second-order valence-electron chi connectivity index (χ2n) is 5.33. The van der Waals surface area contributed by atoms with Crippen molar-refractivity contribution in [1.29, 1.82) is 0 Å². The molecular formula is C16H25NO3. The Balaban J connectivity index is 2.62. The molecule has 0 atom stereocenters. The van der Waals surface area contributed by atoms with Crippen LogP contribution in [0.4, 0.5) is 0 Å². The third-order valence-corrected chi connectivity index (χ3v) is 3.15. The smallest absolute Gasteiger partial charge is 0.220 e. The first-order chi connectivity index (χ1) is 9.47. The summed E-state index contributed by atoms with van der Waals surface area (Å²) in [6.07, 6.45) is 1.36. The number of hydrogen-bond acceptors (Lipinski definition) is 3. The first-order valence-corrected chi connectivity index (χ1v) is 6.96. The average Bonchev–Trinajstić information content (AvgIpc) is 2.39. The molecule has 1 N–H and O–H groups in total. The Morgan fingerprint density at radius 2 is 1.80 bits per heavy atom. The lowest BCUT2D eigenvalue weighted by atomic mass is 10.0. The normalized spacial score (nSPS) is 10.5. The van der Waals surface area contributed by atoms with Crippen LogP contribution in [0.15, 0.2) is 12.1 Å². The van der Waals surface area contributed by atoms with E-state index in [1.807, 2.05) is 32.9 Å². The van der Waals surface area contributed by atoms with E-state index in [1.165, 1.54) is 0 Å². The van der Waals surface area contributed by atoms with Crippen molar-refractivity contribution in [2.24, 2.45) is 5.92 Å². The number of benzene rings is 1. The number of nitrogens with one attached hydrogen (secondary N) is 1. The number of amides is 1. The number of rotatable bonds is 7. The standard InChI is InChI=1S/C16H25NO3/c1-11(2)8-16(18)17-7-6-13-10-15(20-5)14(19-4)9-12(13)3/h9-11H,6-8H2,1-5H3,(H,17,18). The molecule has 0 aliphatic carbocycles. The predicted molar refractivity (Wildman–Crippen MR) is 80.5 cm³/mol. The number of ether oxygens (including phenoxy) is 2. The summed E-state index contributed by atoms with van der Waals surface area (Å²) in [4.78, 5) is 11.6. The Morgan fingerprint density at radius 3 is 2.35 bits per heavy atom. The van der Waals surface area contributed by atoms with Gasteiger partial charge in [-0.25, -0.2) is 0 Å². The topological polar surface area (TPSA) is 47.6 Å². The minimum atomic E-state index is 0.109. The van der Waals surface area contributed by atoms with Crippen LogP contribution in [0.3, 0.4) is 0 Å². The van der Waals surface area contributed by atoms with E-state index >= 15 is 0 Å². The zero-order valence-corrected chi connectivity index (χ0v) is 13.1. The van der Waals surface area contributed by atoms with Gasteiger partial charge >= 0.3 is 0 Å². The van der Waals surface area contributed by atoms with Gasteiger partial charge in [0.05, 0.1) is 14.2 Å². The van der Waals surface area contributed by atoms with Crippen LogP contribution in [0.5, 0.6) is 11.5 Å². The first-order valence-electron chi connectivity index (χ1n) is 6.96. The molecule has 0 radical (unpaired) electrons. The summed E-state index contributed by atoms with van der Waals surface area (Å²) in [5.41, 5.74) is 2.30. The van der Waals surface area contributed by atoms with Gasteiger partial charge in [0.15, 0.2) is 11.5 Å². The van der Waals surface area contributed by atoms with Crippen LogP contribution in [0.25, 0.3) is 0 Å². The summed E-state index contributed by atoms with van der Waals surface area (Å²) >= 11 is 0. The molecule has 0 saturated heterocycles. The molecule has 112 valence electrons. The summed E-state index contributed by atoms with van der Waals surface area (Å²) in [6.45, 7) is 6.76. The van der Waals surface area contributed by atoms with E-state index in [0.717, 1.165) is 29.0 Å². The molecule has 0 unspecified atom stereocenters. The van der Waals surface area contributed by atoms with Crippen molar-refractivity contribution < 1.29 is 14.3 Å². The van der Waals surface area contributed by atoms with Crippen LogP contribution in [0, 0.1) is 12.8 Å². The van der Waals surface area contributed by atoms with Crippen LogP contribution >= 0.6 is 0 Å². The largest absolute Gasteiger partial charge is 0.493 e. The van der Waals surface area contributed by atoms with Crippen LogP contribution in [0.2, 0.25) is 0 Å². The second-order valence-corrected chi connectivity index (χ2v) is 5.33. The Bertz CT molecular complexity index is 455. The van der Waals surface area contributed by atoms with Gasteiger partial charge in [0.25, 0.3) is 0 Å². The van der Waals surface area contributed by atoms with E-state index in [-0.39, 0.29) is 5.91 Å². The summed E-state index contributed by atoms with van der Waals surface area (Å²) in [5, 5.41) is 2.94. The highest BCUT2D eigenvalue weighted by atomic mass is 16.5. The molecule has 0 aliphatic heterocycles. The van der Waals surface area contributed by atoms with Crippen molar-refractivity contribution in [3.05, 3.63) is 23.3 Å². The second kappa shape index (κ2) is 7.78. The lowest BCUT2D eigenvalue weighted by Gasteiger charge is -2.13. The van der Waals surface area contributed by atoms with Gasteiger partial charge in [-0.1, -0.05) is 13.8 Å². The fraction of sp³-hybridized carbons (Fsp3) is 0.562. The number of carbonyl (C=O) groups excluding carboxylic acids is 1. The maximum absolute atomic E-state index is 11.6. The molecule has 1 aromatic rings. The zero-order valence-electron chi connectivity index (χ0n) is 13.1. The van der Waals surface area contributed by atoms with Crippen molar-refractivity contribution in [3.63, 3.8) is 0 Å². The Labute approximate surface area is 121 Å². The Morgan fingerprint density at radius 1 is 1.20 bits per heavy atom. The third-order valence-electron chi connectivity index (χ3n) is 3.15. The molecule has 4 nitrogen and oxygen atoms in total. The van der Waals surface area contributed by atoms with Gasteiger partial charge in [0.2, 0.25) is 5.91 Å². The minimum Gasteiger partial charge on any atom is -0.493 e. The molecule has 0 fully saturated rings. The highest BCUT2D eigenvalue weighted by Crippen LogP contribution is 2.30. The van der Waals surface area contributed by atoms with E-state index in [9.17, 15) is 4.79 Å². The molecular weight excluding hydrogens is 254 g/mol. The fourth-order valence-electron chi connectivity index (χ4n) is 2.07. The van der Waals surface area contributed by atoms with Gasteiger partial charge in [-0.05, 0) is 42.5 Å². The van der Waals surface area contributed by atoms with Crippen LogP contribution in [0.1, 0.15) is 31.4 Å². The molecule has 0 saturated carbocycles. The number of hydrogen-bond donors (Lipinski definition) is 1. The van der Waals surface area contributed by atoms with Crippen molar-refractivity contribution in [2.75, 3.05) is 20.8 Å². The van der Waals surface area contributed by atoms with Crippen molar-refractivity contribution >= 4 is 5.91 Å². The van der Waals surface area contributed by atoms with Gasteiger partial charge in [0, 0.05) is 13.0 Å². The van der Waals surface area contributed by atoms with Gasteiger partial charge in [-0.15, -0.1) is 0 Å². The van der Waals surface area contributed by atoms with Crippen molar-refractivity contribution in [1.82, 2.24) is 5.32 Å². The fourth-order valence-corrected chi connectivity index (χ4v) is 2.07. The molecule has 0 heterocycles. The van der Waals surface area contributed by atoms with Crippen molar-refractivity contribution in [3.8, 4) is 11.5 Å².